The molecule has 0 spiro atoms. The number of ether oxygens (including phenoxy) is 1. The van der Waals surface area contributed by atoms with Crippen molar-refractivity contribution >= 4 is 16.6 Å². The number of nitrogens with one attached hydrogen (secondary N) is 1. The summed E-state index contributed by atoms with van der Waals surface area (Å²) in [6.45, 7) is 3.44. The van der Waals surface area contributed by atoms with E-state index in [9.17, 15) is 4.79 Å². The molecule has 3 rings (SSSR count). The first-order valence-corrected chi connectivity index (χ1v) is 6.98. The highest BCUT2D eigenvalue weighted by Gasteiger charge is 2.18. The molecule has 0 aliphatic carbocycles. The van der Waals surface area contributed by atoms with Crippen LogP contribution in [0.3, 0.4) is 0 Å². The van der Waals surface area contributed by atoms with Gasteiger partial charge in [0.2, 0.25) is 0 Å². The zero-order valence-electron chi connectivity index (χ0n) is 11.8. The van der Waals surface area contributed by atoms with Crippen molar-refractivity contribution in [3.8, 4) is 0 Å². The van der Waals surface area contributed by atoms with Crippen LogP contribution in [-0.4, -0.2) is 29.8 Å². The van der Waals surface area contributed by atoms with Crippen molar-refractivity contribution < 1.29 is 4.74 Å². The maximum Gasteiger partial charge on any atom is 0.261 e. The van der Waals surface area contributed by atoms with E-state index in [4.69, 9.17) is 4.74 Å². The lowest BCUT2D eigenvalue weighted by atomic mass is 10.1. The summed E-state index contributed by atoms with van der Waals surface area (Å²) in [6.07, 6.45) is 3.43. The molecular formula is C15H19N3O2. The standard InChI is InChI=1S/C15H19N3O2/c1-10-3-4-12-14(13(10)16-2)17-9-18(15(12)19)11-5-7-20-8-6-11/h3-4,9,11,16H,5-8H2,1-2H3. The molecule has 1 aromatic carbocycles. The van der Waals surface area contributed by atoms with Crippen LogP contribution in [-0.2, 0) is 4.74 Å². The molecule has 0 saturated carbocycles. The number of nitrogens with zero attached hydrogens (tertiary/aromatic N) is 2. The highest BCUT2D eigenvalue weighted by atomic mass is 16.5. The van der Waals surface area contributed by atoms with E-state index < -0.39 is 0 Å². The molecule has 2 aromatic rings. The van der Waals surface area contributed by atoms with E-state index >= 15 is 0 Å². The SMILES string of the molecule is CNc1c(C)ccc2c(=O)n(C3CCOCC3)cnc12. The predicted octanol–water partition coefficient (Wildman–Crippen LogP) is 2.10. The van der Waals surface area contributed by atoms with E-state index in [1.165, 1.54) is 0 Å². The van der Waals surface area contributed by atoms with Gasteiger partial charge < -0.3 is 10.1 Å². The topological polar surface area (TPSA) is 56.2 Å². The number of hydrogen-bond donors (Lipinski definition) is 1. The summed E-state index contributed by atoms with van der Waals surface area (Å²) in [5.74, 6) is 0. The minimum atomic E-state index is 0.0402. The van der Waals surface area contributed by atoms with Crippen LogP contribution in [0.1, 0.15) is 24.4 Å². The average molecular weight is 273 g/mol. The van der Waals surface area contributed by atoms with Crippen LogP contribution >= 0.6 is 0 Å². The van der Waals surface area contributed by atoms with E-state index in [1.807, 2.05) is 26.1 Å². The van der Waals surface area contributed by atoms with Gasteiger partial charge in [-0.15, -0.1) is 0 Å². The van der Waals surface area contributed by atoms with Crippen molar-refractivity contribution in [1.29, 1.82) is 0 Å². The molecule has 5 heteroatoms. The number of aryl methyl sites for hydroxylation is 1. The molecule has 0 unspecified atom stereocenters. The highest BCUT2D eigenvalue weighted by Crippen LogP contribution is 2.24. The van der Waals surface area contributed by atoms with E-state index in [-0.39, 0.29) is 11.6 Å². The zero-order chi connectivity index (χ0) is 14.1. The number of hydrogen-bond acceptors (Lipinski definition) is 4. The quantitative estimate of drug-likeness (QED) is 0.910. The van der Waals surface area contributed by atoms with Crippen LogP contribution in [0.2, 0.25) is 0 Å². The van der Waals surface area contributed by atoms with Crippen LogP contribution in [0.15, 0.2) is 23.3 Å². The van der Waals surface area contributed by atoms with Gasteiger partial charge in [-0.3, -0.25) is 9.36 Å². The number of benzene rings is 1. The van der Waals surface area contributed by atoms with Gasteiger partial charge in [0.25, 0.3) is 5.56 Å². The second kappa shape index (κ2) is 5.25. The van der Waals surface area contributed by atoms with Crippen molar-refractivity contribution in [3.63, 3.8) is 0 Å². The van der Waals surface area contributed by atoms with E-state index in [0.29, 0.717) is 18.6 Å². The fraction of sp³-hybridized carbons (Fsp3) is 0.467. The summed E-state index contributed by atoms with van der Waals surface area (Å²) in [7, 11) is 1.85. The Bertz CT molecular complexity index is 687. The molecule has 1 N–H and O–H groups in total. The van der Waals surface area contributed by atoms with Crippen LogP contribution in [0.4, 0.5) is 5.69 Å². The van der Waals surface area contributed by atoms with Gasteiger partial charge in [0, 0.05) is 26.3 Å². The van der Waals surface area contributed by atoms with Gasteiger partial charge in [-0.05, 0) is 31.4 Å². The summed E-state index contributed by atoms with van der Waals surface area (Å²) in [5.41, 5.74) is 2.81. The number of anilines is 1. The smallest absolute Gasteiger partial charge is 0.261 e. The van der Waals surface area contributed by atoms with Gasteiger partial charge >= 0.3 is 0 Å². The Kier molecular flexibility index (Phi) is 3.44. The second-order valence-electron chi connectivity index (χ2n) is 5.20. The Hall–Kier alpha value is -1.88. The van der Waals surface area contributed by atoms with E-state index in [1.54, 1.807) is 10.9 Å². The molecule has 2 heterocycles. The first-order valence-electron chi connectivity index (χ1n) is 6.98. The molecule has 20 heavy (non-hydrogen) atoms. The summed E-state index contributed by atoms with van der Waals surface area (Å²) < 4.78 is 7.12. The van der Waals surface area contributed by atoms with Crippen molar-refractivity contribution in [3.05, 3.63) is 34.4 Å². The van der Waals surface area contributed by atoms with Crippen LogP contribution in [0.25, 0.3) is 10.9 Å². The second-order valence-corrected chi connectivity index (χ2v) is 5.20. The van der Waals surface area contributed by atoms with E-state index in [0.717, 1.165) is 29.6 Å². The lowest BCUT2D eigenvalue weighted by molar-refractivity contribution is 0.0685. The zero-order valence-corrected chi connectivity index (χ0v) is 11.8. The number of rotatable bonds is 2. The Morgan fingerprint density at radius 3 is 2.80 bits per heavy atom. The van der Waals surface area contributed by atoms with Crippen LogP contribution in [0.5, 0.6) is 0 Å². The number of fused-ring (bicyclic) bond motifs is 1. The average Bonchev–Trinajstić information content (AvgIpc) is 2.48. The maximum atomic E-state index is 12.7. The lowest BCUT2D eigenvalue weighted by Gasteiger charge is -2.24. The summed E-state index contributed by atoms with van der Waals surface area (Å²) in [4.78, 5) is 17.2. The molecule has 0 atom stereocenters. The highest BCUT2D eigenvalue weighted by molar-refractivity contribution is 5.91. The molecule has 0 bridgehead atoms. The monoisotopic (exact) mass is 273 g/mol. The van der Waals surface area contributed by atoms with Gasteiger partial charge in [0.1, 0.15) is 5.52 Å². The maximum absolute atomic E-state index is 12.7. The van der Waals surface area contributed by atoms with Crippen LogP contribution in [0, 0.1) is 6.92 Å². The third kappa shape index (κ3) is 2.08. The predicted molar refractivity (Wildman–Crippen MR) is 79.4 cm³/mol. The molecule has 0 radical (unpaired) electrons. The molecule has 1 aromatic heterocycles. The molecule has 1 saturated heterocycles. The van der Waals surface area contributed by atoms with Crippen molar-refractivity contribution in [1.82, 2.24) is 9.55 Å². The minimum Gasteiger partial charge on any atom is -0.386 e. The Morgan fingerprint density at radius 2 is 2.10 bits per heavy atom. The van der Waals surface area contributed by atoms with Crippen molar-refractivity contribution in [2.75, 3.05) is 25.6 Å². The Balaban J connectivity index is 2.16. The summed E-state index contributed by atoms with van der Waals surface area (Å²) in [6, 6.07) is 4.04. The van der Waals surface area contributed by atoms with Gasteiger partial charge in [-0.25, -0.2) is 4.98 Å². The normalized spacial score (nSPS) is 16.5. The van der Waals surface area contributed by atoms with Crippen molar-refractivity contribution in [2.24, 2.45) is 0 Å². The van der Waals surface area contributed by atoms with Gasteiger partial charge in [-0.2, -0.15) is 0 Å². The minimum absolute atomic E-state index is 0.0402. The molecule has 0 amide bonds. The first kappa shape index (κ1) is 13.1. The summed E-state index contributed by atoms with van der Waals surface area (Å²) >= 11 is 0. The third-order valence-electron chi connectivity index (χ3n) is 4.00. The Labute approximate surface area is 117 Å². The van der Waals surface area contributed by atoms with Gasteiger partial charge in [0.15, 0.2) is 0 Å². The molecule has 1 aliphatic rings. The lowest BCUT2D eigenvalue weighted by Crippen LogP contribution is -2.29. The molecule has 1 fully saturated rings. The van der Waals surface area contributed by atoms with Crippen molar-refractivity contribution in [2.45, 2.75) is 25.8 Å². The fourth-order valence-electron chi connectivity index (χ4n) is 2.85. The van der Waals surface area contributed by atoms with Gasteiger partial charge in [-0.1, -0.05) is 6.07 Å². The first-order chi connectivity index (χ1) is 9.72. The third-order valence-corrected chi connectivity index (χ3v) is 4.00. The Morgan fingerprint density at radius 1 is 1.35 bits per heavy atom. The summed E-state index contributed by atoms with van der Waals surface area (Å²) in [5, 5.41) is 3.81. The van der Waals surface area contributed by atoms with Crippen LogP contribution < -0.4 is 10.9 Å². The van der Waals surface area contributed by atoms with Gasteiger partial charge in [0.05, 0.1) is 17.4 Å². The molecule has 5 nitrogen and oxygen atoms in total. The fourth-order valence-corrected chi connectivity index (χ4v) is 2.85. The largest absolute Gasteiger partial charge is 0.386 e. The molecule has 1 aliphatic heterocycles. The number of aromatic nitrogens is 2. The molecular weight excluding hydrogens is 254 g/mol. The van der Waals surface area contributed by atoms with E-state index in [2.05, 4.69) is 10.3 Å². The molecule has 106 valence electrons.